The summed E-state index contributed by atoms with van der Waals surface area (Å²) < 4.78 is 32.6. The zero-order valence-corrected chi connectivity index (χ0v) is 16.4. The number of amides is 1. The van der Waals surface area contributed by atoms with Crippen LogP contribution in [-0.4, -0.2) is 40.7 Å². The van der Waals surface area contributed by atoms with Crippen molar-refractivity contribution in [3.8, 4) is 16.3 Å². The van der Waals surface area contributed by atoms with Gasteiger partial charge in [-0.05, 0) is 37.1 Å². The SMILES string of the molecule is O=C(COc1ccccc1)N1CCC(c2nnc(-c3ccc(F)cc3F)s2)CC1. The van der Waals surface area contributed by atoms with Crippen LogP contribution in [0.4, 0.5) is 8.78 Å². The minimum atomic E-state index is -0.647. The molecule has 3 aromatic rings. The highest BCUT2D eigenvalue weighted by Crippen LogP contribution is 2.34. The fourth-order valence-electron chi connectivity index (χ4n) is 3.30. The average Bonchev–Trinajstić information content (AvgIpc) is 3.23. The lowest BCUT2D eigenvalue weighted by molar-refractivity contribution is -0.134. The predicted molar refractivity (Wildman–Crippen MR) is 106 cm³/mol. The molecule has 0 spiro atoms. The number of ether oxygens (including phenoxy) is 1. The molecule has 1 aliphatic rings. The van der Waals surface area contributed by atoms with E-state index in [1.54, 1.807) is 4.90 Å². The number of carbonyl (C=O) groups excluding carboxylic acids is 1. The van der Waals surface area contributed by atoms with Crippen LogP contribution in [0.5, 0.6) is 5.75 Å². The van der Waals surface area contributed by atoms with Gasteiger partial charge in [-0.2, -0.15) is 0 Å². The van der Waals surface area contributed by atoms with Gasteiger partial charge in [0.15, 0.2) is 11.6 Å². The summed E-state index contributed by atoms with van der Waals surface area (Å²) in [6.45, 7) is 1.24. The summed E-state index contributed by atoms with van der Waals surface area (Å²) in [7, 11) is 0. The zero-order valence-electron chi connectivity index (χ0n) is 15.6. The van der Waals surface area contributed by atoms with Gasteiger partial charge >= 0.3 is 0 Å². The predicted octanol–water partition coefficient (Wildman–Crippen LogP) is 4.27. The van der Waals surface area contributed by atoms with E-state index in [9.17, 15) is 13.6 Å². The molecule has 150 valence electrons. The third-order valence-electron chi connectivity index (χ3n) is 4.90. The van der Waals surface area contributed by atoms with E-state index in [0.29, 0.717) is 23.8 Å². The summed E-state index contributed by atoms with van der Waals surface area (Å²) >= 11 is 1.32. The molecule has 29 heavy (non-hydrogen) atoms. The summed E-state index contributed by atoms with van der Waals surface area (Å²) in [4.78, 5) is 14.2. The molecule has 0 N–H and O–H groups in total. The van der Waals surface area contributed by atoms with Gasteiger partial charge in [0, 0.05) is 30.6 Å². The molecule has 0 radical (unpaired) electrons. The minimum absolute atomic E-state index is 0.0154. The number of likely N-dealkylation sites (tertiary alicyclic amines) is 1. The van der Waals surface area contributed by atoms with Crippen LogP contribution < -0.4 is 4.74 Å². The van der Waals surface area contributed by atoms with Crippen molar-refractivity contribution in [2.45, 2.75) is 18.8 Å². The number of benzene rings is 2. The maximum atomic E-state index is 14.0. The molecule has 1 saturated heterocycles. The zero-order chi connectivity index (χ0) is 20.2. The first-order chi connectivity index (χ1) is 14.1. The fourth-order valence-corrected chi connectivity index (χ4v) is 4.34. The molecule has 1 fully saturated rings. The fraction of sp³-hybridized carbons (Fsp3) is 0.286. The Morgan fingerprint density at radius 3 is 2.59 bits per heavy atom. The van der Waals surface area contributed by atoms with Crippen LogP contribution >= 0.6 is 11.3 Å². The second kappa shape index (κ2) is 8.65. The first-order valence-corrected chi connectivity index (χ1v) is 10.2. The van der Waals surface area contributed by atoms with Crippen molar-refractivity contribution >= 4 is 17.2 Å². The summed E-state index contributed by atoms with van der Waals surface area (Å²) in [6, 6.07) is 12.7. The molecule has 0 saturated carbocycles. The molecule has 2 aromatic carbocycles. The van der Waals surface area contributed by atoms with E-state index >= 15 is 0 Å². The van der Waals surface area contributed by atoms with E-state index < -0.39 is 11.6 Å². The van der Waals surface area contributed by atoms with Gasteiger partial charge in [0.2, 0.25) is 0 Å². The molecule has 1 aliphatic heterocycles. The van der Waals surface area contributed by atoms with Gasteiger partial charge < -0.3 is 9.64 Å². The Labute approximate surface area is 171 Å². The lowest BCUT2D eigenvalue weighted by Crippen LogP contribution is -2.40. The van der Waals surface area contributed by atoms with Gasteiger partial charge in [0.25, 0.3) is 5.91 Å². The third-order valence-corrected chi connectivity index (χ3v) is 6.02. The van der Waals surface area contributed by atoms with Crippen molar-refractivity contribution in [3.05, 3.63) is 65.2 Å². The van der Waals surface area contributed by atoms with E-state index in [1.165, 1.54) is 23.5 Å². The van der Waals surface area contributed by atoms with Gasteiger partial charge in [-0.15, -0.1) is 10.2 Å². The topological polar surface area (TPSA) is 55.3 Å². The summed E-state index contributed by atoms with van der Waals surface area (Å²) in [5, 5.41) is 9.53. The molecule has 0 atom stereocenters. The van der Waals surface area contributed by atoms with E-state index in [2.05, 4.69) is 10.2 Å². The summed E-state index contributed by atoms with van der Waals surface area (Å²) in [5.74, 6) is -0.469. The number of carbonyl (C=O) groups is 1. The first kappa shape index (κ1) is 19.4. The lowest BCUT2D eigenvalue weighted by Gasteiger charge is -2.30. The van der Waals surface area contributed by atoms with Crippen molar-refractivity contribution in [1.82, 2.24) is 15.1 Å². The van der Waals surface area contributed by atoms with Crippen LogP contribution in [0.2, 0.25) is 0 Å². The molecular formula is C21H19F2N3O2S. The summed E-state index contributed by atoms with van der Waals surface area (Å²) in [5.41, 5.74) is 0.251. The highest BCUT2D eigenvalue weighted by molar-refractivity contribution is 7.14. The van der Waals surface area contributed by atoms with Crippen LogP contribution in [0, 0.1) is 11.6 Å². The number of aromatic nitrogens is 2. The monoisotopic (exact) mass is 415 g/mol. The molecule has 8 heteroatoms. The Morgan fingerprint density at radius 2 is 1.86 bits per heavy atom. The second-order valence-corrected chi connectivity index (χ2v) is 7.84. The van der Waals surface area contributed by atoms with Crippen LogP contribution in [0.15, 0.2) is 48.5 Å². The Balaban J connectivity index is 1.33. The van der Waals surface area contributed by atoms with Gasteiger partial charge in [0.05, 0.1) is 0 Å². The van der Waals surface area contributed by atoms with Crippen molar-refractivity contribution in [2.75, 3.05) is 19.7 Å². The van der Waals surface area contributed by atoms with E-state index in [0.717, 1.165) is 23.9 Å². The van der Waals surface area contributed by atoms with Gasteiger partial charge in [-0.25, -0.2) is 8.78 Å². The molecule has 0 unspecified atom stereocenters. The highest BCUT2D eigenvalue weighted by Gasteiger charge is 2.27. The Kier molecular flexibility index (Phi) is 5.80. The van der Waals surface area contributed by atoms with E-state index in [-0.39, 0.29) is 24.0 Å². The number of hydrogen-bond donors (Lipinski definition) is 0. The highest BCUT2D eigenvalue weighted by atomic mass is 32.1. The van der Waals surface area contributed by atoms with Crippen LogP contribution in [0.25, 0.3) is 10.6 Å². The Bertz CT molecular complexity index is 989. The van der Waals surface area contributed by atoms with Crippen molar-refractivity contribution in [3.63, 3.8) is 0 Å². The summed E-state index contributed by atoms with van der Waals surface area (Å²) in [6.07, 6.45) is 1.52. The minimum Gasteiger partial charge on any atom is -0.484 e. The molecule has 1 aromatic heterocycles. The van der Waals surface area contributed by atoms with Crippen molar-refractivity contribution in [2.24, 2.45) is 0 Å². The number of rotatable bonds is 5. The molecule has 4 rings (SSSR count). The smallest absolute Gasteiger partial charge is 0.260 e. The molecule has 5 nitrogen and oxygen atoms in total. The standard InChI is InChI=1S/C21H19F2N3O2S/c22-15-6-7-17(18(23)12-15)21-25-24-20(29-21)14-8-10-26(11-9-14)19(27)13-28-16-4-2-1-3-5-16/h1-7,12,14H,8-11,13H2. The molecule has 1 amide bonds. The third kappa shape index (κ3) is 4.59. The number of para-hydroxylation sites is 1. The quantitative estimate of drug-likeness (QED) is 0.625. The molecule has 0 bridgehead atoms. The number of hydrogen-bond acceptors (Lipinski definition) is 5. The average molecular weight is 415 g/mol. The van der Waals surface area contributed by atoms with Crippen molar-refractivity contribution < 1.29 is 18.3 Å². The van der Waals surface area contributed by atoms with E-state index in [4.69, 9.17) is 4.74 Å². The molecule has 0 aliphatic carbocycles. The molecule has 2 heterocycles. The largest absolute Gasteiger partial charge is 0.484 e. The maximum Gasteiger partial charge on any atom is 0.260 e. The second-order valence-electron chi connectivity index (χ2n) is 6.83. The Morgan fingerprint density at radius 1 is 1.10 bits per heavy atom. The van der Waals surface area contributed by atoms with E-state index in [1.807, 2.05) is 30.3 Å². The lowest BCUT2D eigenvalue weighted by atomic mass is 9.98. The Hall–Kier alpha value is -2.87. The number of piperidine rings is 1. The van der Waals surface area contributed by atoms with Gasteiger partial charge in [0.1, 0.15) is 22.4 Å². The van der Waals surface area contributed by atoms with Crippen molar-refractivity contribution in [1.29, 1.82) is 0 Å². The number of nitrogens with zero attached hydrogens (tertiary/aromatic N) is 3. The van der Waals surface area contributed by atoms with Crippen LogP contribution in [-0.2, 0) is 4.79 Å². The van der Waals surface area contributed by atoms with Gasteiger partial charge in [-0.3, -0.25) is 4.79 Å². The van der Waals surface area contributed by atoms with Gasteiger partial charge in [-0.1, -0.05) is 29.5 Å². The molecular weight excluding hydrogens is 396 g/mol. The van der Waals surface area contributed by atoms with Crippen LogP contribution in [0.1, 0.15) is 23.8 Å². The maximum absolute atomic E-state index is 14.0. The normalized spacial score (nSPS) is 14.8. The van der Waals surface area contributed by atoms with Crippen LogP contribution in [0.3, 0.4) is 0 Å². The first-order valence-electron chi connectivity index (χ1n) is 9.34. The number of halogens is 2.